The fraction of sp³-hybridized carbons (Fsp3) is 0.938. The summed E-state index contributed by atoms with van der Waals surface area (Å²) >= 11 is 0. The Kier molecular flexibility index (Phi) is 4.02. The molecule has 1 heterocycles. The van der Waals surface area contributed by atoms with Gasteiger partial charge in [-0.2, -0.15) is 0 Å². The first kappa shape index (κ1) is 14.6. The minimum atomic E-state index is 0. The van der Waals surface area contributed by atoms with Crippen LogP contribution in [0.4, 0.5) is 0 Å². The zero-order valence-electron chi connectivity index (χ0n) is 12.2. The largest absolute Gasteiger partial charge is 0.354 e. The second-order valence-corrected chi connectivity index (χ2v) is 7.78. The van der Waals surface area contributed by atoms with E-state index in [0.717, 1.165) is 43.7 Å². The molecule has 114 valence electrons. The van der Waals surface area contributed by atoms with E-state index >= 15 is 0 Å². The van der Waals surface area contributed by atoms with Gasteiger partial charge in [0.15, 0.2) is 0 Å². The van der Waals surface area contributed by atoms with Crippen molar-refractivity contribution in [1.29, 1.82) is 0 Å². The number of hydrogen-bond acceptors (Lipinski definition) is 2. The molecule has 0 aromatic rings. The number of carbonyl (C=O) groups excluding carboxylic acids is 1. The smallest absolute Gasteiger partial charge is 0.237 e. The molecule has 4 saturated carbocycles. The summed E-state index contributed by atoms with van der Waals surface area (Å²) in [7, 11) is 0. The number of carbonyl (C=O) groups is 1. The summed E-state index contributed by atoms with van der Waals surface area (Å²) in [5.74, 6) is 3.20. The van der Waals surface area contributed by atoms with Gasteiger partial charge in [-0.05, 0) is 81.1 Å². The minimum Gasteiger partial charge on any atom is -0.354 e. The predicted octanol–water partition coefficient (Wildman–Crippen LogP) is 2.49. The van der Waals surface area contributed by atoms with Crippen LogP contribution < -0.4 is 10.6 Å². The molecule has 0 unspecified atom stereocenters. The summed E-state index contributed by atoms with van der Waals surface area (Å²) in [6, 6.07) is 0.0916. The van der Waals surface area contributed by atoms with Crippen molar-refractivity contribution in [3.63, 3.8) is 0 Å². The van der Waals surface area contributed by atoms with Crippen LogP contribution in [-0.2, 0) is 4.79 Å². The van der Waals surface area contributed by atoms with Crippen LogP contribution in [-0.4, -0.2) is 25.0 Å². The summed E-state index contributed by atoms with van der Waals surface area (Å²) in [5.41, 5.74) is 0.475. The lowest BCUT2D eigenvalue weighted by atomic mass is 9.49. The molecule has 1 amide bonds. The van der Waals surface area contributed by atoms with Gasteiger partial charge in [-0.1, -0.05) is 0 Å². The van der Waals surface area contributed by atoms with Crippen LogP contribution >= 0.6 is 12.4 Å². The van der Waals surface area contributed by atoms with Crippen LogP contribution in [0.15, 0.2) is 0 Å². The molecular weight excluding hydrogens is 272 g/mol. The SMILES string of the molecule is Cl.O=C(NCC12CC3CC(CC(C3)C1)C2)[C@@H]1CCCN1. The molecule has 3 nitrogen and oxygen atoms in total. The lowest BCUT2D eigenvalue weighted by molar-refractivity contribution is -0.124. The van der Waals surface area contributed by atoms with Crippen molar-refractivity contribution in [1.82, 2.24) is 10.6 Å². The van der Waals surface area contributed by atoms with Gasteiger partial charge in [0.05, 0.1) is 6.04 Å². The molecule has 2 N–H and O–H groups in total. The molecule has 0 radical (unpaired) electrons. The molecule has 5 fully saturated rings. The van der Waals surface area contributed by atoms with Gasteiger partial charge in [0, 0.05) is 6.54 Å². The highest BCUT2D eigenvalue weighted by Gasteiger charge is 2.50. The van der Waals surface area contributed by atoms with Gasteiger partial charge in [0.25, 0.3) is 0 Å². The first-order valence-electron chi connectivity index (χ1n) is 8.24. The Hall–Kier alpha value is -0.280. The molecule has 1 saturated heterocycles. The maximum absolute atomic E-state index is 12.2. The molecule has 5 rings (SSSR count). The molecule has 4 bridgehead atoms. The summed E-state index contributed by atoms with van der Waals surface area (Å²) in [5, 5.41) is 6.58. The van der Waals surface area contributed by atoms with Crippen LogP contribution in [0.1, 0.15) is 51.4 Å². The van der Waals surface area contributed by atoms with Crippen molar-refractivity contribution in [2.45, 2.75) is 57.4 Å². The number of amides is 1. The maximum atomic E-state index is 12.2. The van der Waals surface area contributed by atoms with Crippen molar-refractivity contribution in [3.05, 3.63) is 0 Å². The highest BCUT2D eigenvalue weighted by molar-refractivity contribution is 5.85. The second kappa shape index (κ2) is 5.49. The second-order valence-electron chi connectivity index (χ2n) is 7.78. The average molecular weight is 299 g/mol. The summed E-state index contributed by atoms with van der Waals surface area (Å²) in [4.78, 5) is 12.2. The molecule has 1 atom stereocenters. The van der Waals surface area contributed by atoms with E-state index in [1.807, 2.05) is 0 Å². The molecular formula is C16H27ClN2O. The zero-order valence-corrected chi connectivity index (χ0v) is 13.0. The van der Waals surface area contributed by atoms with Crippen molar-refractivity contribution < 1.29 is 4.79 Å². The molecule has 0 aromatic carbocycles. The average Bonchev–Trinajstić information content (AvgIpc) is 2.88. The molecule has 0 aromatic heterocycles. The van der Waals surface area contributed by atoms with E-state index in [-0.39, 0.29) is 24.4 Å². The van der Waals surface area contributed by atoms with Gasteiger partial charge < -0.3 is 10.6 Å². The topological polar surface area (TPSA) is 41.1 Å². The van der Waals surface area contributed by atoms with E-state index in [1.165, 1.54) is 38.5 Å². The van der Waals surface area contributed by atoms with Crippen LogP contribution in [0.2, 0.25) is 0 Å². The van der Waals surface area contributed by atoms with Gasteiger partial charge in [0.1, 0.15) is 0 Å². The maximum Gasteiger partial charge on any atom is 0.237 e. The molecule has 0 spiro atoms. The van der Waals surface area contributed by atoms with Gasteiger partial charge in [-0.3, -0.25) is 4.79 Å². The van der Waals surface area contributed by atoms with Gasteiger partial charge in [-0.25, -0.2) is 0 Å². The Labute approximate surface area is 128 Å². The standard InChI is InChI=1S/C16H26N2O.ClH/c19-15(14-2-1-3-17-14)18-10-16-7-11-4-12(8-16)6-13(5-11)9-16;/h11-14,17H,1-10H2,(H,18,19);1H/t11?,12?,13?,14-,16?;/m0./s1. The van der Waals surface area contributed by atoms with E-state index in [0.29, 0.717) is 5.41 Å². The van der Waals surface area contributed by atoms with E-state index in [4.69, 9.17) is 0 Å². The molecule has 20 heavy (non-hydrogen) atoms. The van der Waals surface area contributed by atoms with Crippen molar-refractivity contribution in [2.24, 2.45) is 23.2 Å². The van der Waals surface area contributed by atoms with Crippen LogP contribution in [0.5, 0.6) is 0 Å². The fourth-order valence-electron chi connectivity index (χ4n) is 5.81. The first-order chi connectivity index (χ1) is 9.22. The molecule has 4 aliphatic carbocycles. The number of nitrogens with one attached hydrogen (secondary N) is 2. The molecule has 1 aliphatic heterocycles. The quantitative estimate of drug-likeness (QED) is 0.840. The van der Waals surface area contributed by atoms with Crippen LogP contribution in [0, 0.1) is 23.2 Å². The number of halogens is 1. The van der Waals surface area contributed by atoms with E-state index < -0.39 is 0 Å². The van der Waals surface area contributed by atoms with Crippen molar-refractivity contribution in [3.8, 4) is 0 Å². The Morgan fingerprint density at radius 1 is 1.10 bits per heavy atom. The number of hydrogen-bond donors (Lipinski definition) is 2. The predicted molar refractivity (Wildman–Crippen MR) is 81.9 cm³/mol. The lowest BCUT2D eigenvalue weighted by Gasteiger charge is -2.57. The van der Waals surface area contributed by atoms with E-state index in [1.54, 1.807) is 0 Å². The zero-order chi connectivity index (χ0) is 12.9. The van der Waals surface area contributed by atoms with E-state index in [2.05, 4.69) is 10.6 Å². The third kappa shape index (κ3) is 2.59. The fourth-order valence-corrected chi connectivity index (χ4v) is 5.81. The third-order valence-electron chi connectivity index (χ3n) is 6.18. The monoisotopic (exact) mass is 298 g/mol. The summed E-state index contributed by atoms with van der Waals surface area (Å²) in [6.45, 7) is 1.96. The van der Waals surface area contributed by atoms with Gasteiger partial charge in [0.2, 0.25) is 5.91 Å². The molecule has 5 aliphatic rings. The Morgan fingerprint density at radius 2 is 1.70 bits per heavy atom. The van der Waals surface area contributed by atoms with Crippen molar-refractivity contribution >= 4 is 18.3 Å². The minimum absolute atomic E-state index is 0. The van der Waals surface area contributed by atoms with Crippen LogP contribution in [0.3, 0.4) is 0 Å². The highest BCUT2D eigenvalue weighted by Crippen LogP contribution is 2.59. The van der Waals surface area contributed by atoms with Crippen LogP contribution in [0.25, 0.3) is 0 Å². The van der Waals surface area contributed by atoms with Gasteiger partial charge >= 0.3 is 0 Å². The van der Waals surface area contributed by atoms with Gasteiger partial charge in [-0.15, -0.1) is 12.4 Å². The Bertz CT molecular complexity index is 343. The first-order valence-corrected chi connectivity index (χ1v) is 8.24. The normalized spacial score (nSPS) is 45.2. The third-order valence-corrected chi connectivity index (χ3v) is 6.18. The Balaban J connectivity index is 0.00000121. The van der Waals surface area contributed by atoms with Crippen molar-refractivity contribution in [2.75, 3.05) is 13.1 Å². The lowest BCUT2D eigenvalue weighted by Crippen LogP contribution is -2.52. The Morgan fingerprint density at radius 3 is 2.20 bits per heavy atom. The number of rotatable bonds is 3. The highest BCUT2D eigenvalue weighted by atomic mass is 35.5. The molecule has 4 heteroatoms. The summed E-state index contributed by atoms with van der Waals surface area (Å²) in [6.07, 6.45) is 10.8. The van der Waals surface area contributed by atoms with E-state index in [9.17, 15) is 4.79 Å². The summed E-state index contributed by atoms with van der Waals surface area (Å²) < 4.78 is 0.